The Hall–Kier alpha value is -7.54. The van der Waals surface area contributed by atoms with E-state index in [1.807, 2.05) is 13.8 Å². The van der Waals surface area contributed by atoms with Crippen LogP contribution in [-0.4, -0.2) is 144 Å². The monoisotopic (exact) mass is 983 g/mol. The van der Waals surface area contributed by atoms with Gasteiger partial charge in [0.05, 0.1) is 6.42 Å². The van der Waals surface area contributed by atoms with E-state index in [9.17, 15) is 47.9 Å². The molecule has 386 valence electrons. The number of nitrogens with one attached hydrogen (secondary N) is 7. The molecule has 26 heteroatoms. The number of nitrogens with two attached hydrogens (primary N) is 6. The molecule has 0 unspecified atom stereocenters. The molecule has 10 amide bonds. The predicted octanol–water partition coefficient (Wildman–Crippen LogP) is -5.06. The second-order valence-corrected chi connectivity index (χ2v) is 17.7. The number of aliphatic imine (C=N–C) groups is 2. The van der Waals surface area contributed by atoms with Gasteiger partial charge in [-0.3, -0.25) is 57.9 Å². The standard InChI is InChI=1S/C44H70N16O10/c1-23(2)20-30(58-36(64)24(3)53-37(65)27-15-16-34(62)54-27)39(67)59-31(21-25-10-5-4-6-11-25)40(68)56-28(13-8-18-52-44(49)50)42(70)60-19-9-14-32(60)41(69)55-26(12-7-17-51-43(47)48)38(66)57-29(35(46)63)22-33(45)61/h4-6,10-11,23-24,26-32H,7-9,12-22H2,1-3H3,(H2,45,61)(H2,46,63)(H,53,65)(H,54,62)(H,55,69)(H,56,68)(H,57,66)(H,58,64)(H,59,67)(H4,47,48,51)(H4,49,50,52)/t24-,26-,27-,28-,29-,30-,31-,32-/m0/s1. The maximum atomic E-state index is 14.6. The van der Waals surface area contributed by atoms with Crippen LogP contribution in [0, 0.1) is 5.92 Å². The first-order valence-electron chi connectivity index (χ1n) is 23.2. The van der Waals surface area contributed by atoms with Crippen molar-refractivity contribution in [3.63, 3.8) is 0 Å². The summed E-state index contributed by atoms with van der Waals surface area (Å²) in [6, 6.07) is -0.896. The van der Waals surface area contributed by atoms with E-state index in [2.05, 4.69) is 47.2 Å². The summed E-state index contributed by atoms with van der Waals surface area (Å²) in [5, 5.41) is 18.3. The smallest absolute Gasteiger partial charge is 0.245 e. The summed E-state index contributed by atoms with van der Waals surface area (Å²) >= 11 is 0. The SMILES string of the molecule is CC(C)C[C@H](NC(=O)[C@H](C)NC(=O)[C@@H]1CCC(=O)N1)C(=O)N[C@@H](Cc1ccccc1)C(=O)N[C@@H](CCCN=C(N)N)C(=O)N1CCC[C@H]1C(=O)N[C@@H](CCCN=C(N)N)C(=O)N[C@@H](CC(N)=O)C(N)=O. The maximum Gasteiger partial charge on any atom is 0.245 e. The van der Waals surface area contributed by atoms with Crippen molar-refractivity contribution in [2.24, 2.45) is 50.3 Å². The highest BCUT2D eigenvalue weighted by Gasteiger charge is 2.40. The van der Waals surface area contributed by atoms with E-state index in [1.165, 1.54) is 11.8 Å². The molecule has 1 aromatic carbocycles. The zero-order valence-electron chi connectivity index (χ0n) is 39.9. The Bertz CT molecular complexity index is 2100. The predicted molar refractivity (Wildman–Crippen MR) is 256 cm³/mol. The minimum Gasteiger partial charge on any atom is -0.370 e. The molecule has 2 heterocycles. The van der Waals surface area contributed by atoms with Crippen LogP contribution in [0.2, 0.25) is 0 Å². The highest BCUT2D eigenvalue weighted by molar-refractivity contribution is 5.99. The summed E-state index contributed by atoms with van der Waals surface area (Å²) in [5.41, 5.74) is 33.2. The van der Waals surface area contributed by atoms with E-state index in [1.54, 1.807) is 30.3 Å². The van der Waals surface area contributed by atoms with E-state index >= 15 is 0 Å². The van der Waals surface area contributed by atoms with Gasteiger partial charge in [-0.2, -0.15) is 0 Å². The molecule has 2 fully saturated rings. The largest absolute Gasteiger partial charge is 0.370 e. The lowest BCUT2D eigenvalue weighted by Gasteiger charge is -2.31. The molecule has 26 nitrogen and oxygen atoms in total. The number of primary amides is 2. The van der Waals surface area contributed by atoms with Gasteiger partial charge in [0.15, 0.2) is 11.9 Å². The van der Waals surface area contributed by atoms with Crippen molar-refractivity contribution in [2.45, 2.75) is 140 Å². The van der Waals surface area contributed by atoms with Crippen LogP contribution in [-0.2, 0) is 54.4 Å². The Kier molecular flexibility index (Phi) is 22.8. The fraction of sp³-hybridized carbons (Fsp3) is 0.591. The third kappa shape index (κ3) is 19.2. The fourth-order valence-corrected chi connectivity index (χ4v) is 7.79. The van der Waals surface area contributed by atoms with Crippen molar-refractivity contribution in [3.05, 3.63) is 35.9 Å². The molecule has 0 saturated carbocycles. The minimum atomic E-state index is -1.48. The summed E-state index contributed by atoms with van der Waals surface area (Å²) in [5.74, 6) is -7.80. The number of carbonyl (C=O) groups is 10. The molecule has 70 heavy (non-hydrogen) atoms. The zero-order valence-corrected chi connectivity index (χ0v) is 39.9. The first-order chi connectivity index (χ1) is 33.1. The third-order valence-corrected chi connectivity index (χ3v) is 11.4. The number of benzene rings is 1. The van der Waals surface area contributed by atoms with Crippen molar-refractivity contribution < 1.29 is 47.9 Å². The topological polar surface area (TPSA) is 439 Å². The van der Waals surface area contributed by atoms with Crippen LogP contribution < -0.4 is 71.6 Å². The molecule has 19 N–H and O–H groups in total. The average Bonchev–Trinajstić information content (AvgIpc) is 3.97. The van der Waals surface area contributed by atoms with Gasteiger partial charge in [-0.25, -0.2) is 0 Å². The molecule has 3 rings (SSSR count). The van der Waals surface area contributed by atoms with Crippen molar-refractivity contribution in [1.82, 2.24) is 42.1 Å². The van der Waals surface area contributed by atoms with E-state index in [0.29, 0.717) is 12.0 Å². The molecule has 0 spiro atoms. The van der Waals surface area contributed by atoms with Crippen LogP contribution in [0.4, 0.5) is 0 Å². The van der Waals surface area contributed by atoms with Gasteiger partial charge in [-0.05, 0) is 69.8 Å². The molecule has 2 saturated heterocycles. The van der Waals surface area contributed by atoms with Crippen LogP contribution in [0.5, 0.6) is 0 Å². The normalized spacial score (nSPS) is 17.8. The third-order valence-electron chi connectivity index (χ3n) is 11.4. The number of likely N-dealkylation sites (tertiary alicyclic amines) is 1. The number of amides is 10. The molecule has 1 aromatic rings. The van der Waals surface area contributed by atoms with E-state index < -0.39 is 108 Å². The number of guanidine groups is 2. The van der Waals surface area contributed by atoms with E-state index in [-0.39, 0.29) is 101 Å². The van der Waals surface area contributed by atoms with Crippen molar-refractivity contribution >= 4 is 71.0 Å². The lowest BCUT2D eigenvalue weighted by Crippen LogP contribution is -2.60. The number of hydrogen-bond donors (Lipinski definition) is 13. The Morgan fingerprint density at radius 1 is 0.671 bits per heavy atom. The lowest BCUT2D eigenvalue weighted by molar-refractivity contribution is -0.142. The average molecular weight is 983 g/mol. The zero-order chi connectivity index (χ0) is 52.1. The van der Waals surface area contributed by atoms with E-state index in [0.717, 1.165) is 0 Å². The Morgan fingerprint density at radius 3 is 1.79 bits per heavy atom. The first kappa shape index (κ1) is 56.8. The summed E-state index contributed by atoms with van der Waals surface area (Å²) in [6.45, 7) is 5.30. The highest BCUT2D eigenvalue weighted by Crippen LogP contribution is 2.21. The van der Waals surface area contributed by atoms with Gasteiger partial charge in [-0.1, -0.05) is 44.2 Å². The van der Waals surface area contributed by atoms with Crippen molar-refractivity contribution in [1.29, 1.82) is 0 Å². The van der Waals surface area contributed by atoms with Crippen LogP contribution in [0.3, 0.4) is 0 Å². The number of rotatable bonds is 28. The van der Waals surface area contributed by atoms with Gasteiger partial charge in [0.2, 0.25) is 59.1 Å². The highest BCUT2D eigenvalue weighted by atomic mass is 16.2. The van der Waals surface area contributed by atoms with Gasteiger partial charge >= 0.3 is 0 Å². The lowest BCUT2D eigenvalue weighted by atomic mass is 10.00. The minimum absolute atomic E-state index is 0.0252. The second kappa shape index (κ2) is 28.1. The van der Waals surface area contributed by atoms with Crippen LogP contribution >= 0.6 is 0 Å². The Morgan fingerprint density at radius 2 is 1.23 bits per heavy atom. The van der Waals surface area contributed by atoms with Gasteiger partial charge < -0.3 is 76.5 Å². The number of hydrogen-bond acceptors (Lipinski definition) is 12. The molecule has 0 radical (unpaired) electrons. The molecule has 2 aliphatic heterocycles. The first-order valence-corrected chi connectivity index (χ1v) is 23.2. The number of nitrogens with zero attached hydrogens (tertiary/aromatic N) is 3. The van der Waals surface area contributed by atoms with Crippen LogP contribution in [0.25, 0.3) is 0 Å². The molecule has 0 aliphatic carbocycles. The van der Waals surface area contributed by atoms with Gasteiger partial charge in [0, 0.05) is 32.5 Å². The molecular weight excluding hydrogens is 913 g/mol. The van der Waals surface area contributed by atoms with Crippen LogP contribution in [0.1, 0.15) is 90.5 Å². The molecular formula is C44H70N16O10. The van der Waals surface area contributed by atoms with Crippen molar-refractivity contribution in [2.75, 3.05) is 19.6 Å². The fourth-order valence-electron chi connectivity index (χ4n) is 7.79. The Labute approximate surface area is 405 Å². The van der Waals surface area contributed by atoms with Gasteiger partial charge in [0.1, 0.15) is 48.3 Å². The molecule has 8 atom stereocenters. The summed E-state index contributed by atoms with van der Waals surface area (Å²) in [6.07, 6.45) is 0.734. The summed E-state index contributed by atoms with van der Waals surface area (Å²) in [7, 11) is 0. The van der Waals surface area contributed by atoms with Crippen LogP contribution in [0.15, 0.2) is 40.3 Å². The van der Waals surface area contributed by atoms with Gasteiger partial charge in [0.25, 0.3) is 0 Å². The van der Waals surface area contributed by atoms with Gasteiger partial charge in [-0.15, -0.1) is 0 Å². The molecule has 0 aromatic heterocycles. The molecule has 2 aliphatic rings. The van der Waals surface area contributed by atoms with Crippen molar-refractivity contribution in [3.8, 4) is 0 Å². The van der Waals surface area contributed by atoms with E-state index in [4.69, 9.17) is 34.4 Å². The Balaban J connectivity index is 1.89. The summed E-state index contributed by atoms with van der Waals surface area (Å²) in [4.78, 5) is 141. The summed E-state index contributed by atoms with van der Waals surface area (Å²) < 4.78 is 0. The number of carbonyl (C=O) groups excluding carboxylic acids is 10. The quantitative estimate of drug-likeness (QED) is 0.0213. The second-order valence-electron chi connectivity index (χ2n) is 17.7. The maximum absolute atomic E-state index is 14.6. The molecule has 0 bridgehead atoms.